The maximum Gasteiger partial charge on any atom is 0.270 e. The first-order valence-electron chi connectivity index (χ1n) is 12.3. The number of fused-ring (bicyclic) bond motifs is 1. The van der Waals surface area contributed by atoms with Gasteiger partial charge in [-0.15, -0.1) is 0 Å². The Labute approximate surface area is 223 Å². The largest absolute Gasteiger partial charge is 0.308 e. The molecule has 0 bridgehead atoms. The van der Waals surface area contributed by atoms with E-state index in [9.17, 15) is 18.9 Å². The van der Waals surface area contributed by atoms with Gasteiger partial charge in [0.15, 0.2) is 5.17 Å². The monoisotopic (exact) mass is 527 g/mol. The molecule has 5 nitrogen and oxygen atoms in total. The lowest BCUT2D eigenvalue weighted by atomic mass is 9.78. The van der Waals surface area contributed by atoms with E-state index in [0.29, 0.717) is 5.92 Å². The van der Waals surface area contributed by atoms with Crippen LogP contribution in [0.15, 0.2) is 100 Å². The molecule has 1 aliphatic carbocycles. The molecule has 2 atom stereocenters. The first kappa shape index (κ1) is 24.3. The van der Waals surface area contributed by atoms with E-state index in [1.165, 1.54) is 42.1 Å². The van der Waals surface area contributed by atoms with Gasteiger partial charge in [0.25, 0.3) is 5.69 Å². The zero-order chi connectivity index (χ0) is 26.4. The number of aliphatic imine (C=N–C) groups is 1. The fraction of sp³-hybridized carbons (Fsp3) is 0.167. The van der Waals surface area contributed by atoms with Gasteiger partial charge in [-0.2, -0.15) is 0 Å². The van der Waals surface area contributed by atoms with Crippen molar-refractivity contribution in [3.05, 3.63) is 133 Å². The lowest BCUT2D eigenvalue weighted by Crippen LogP contribution is -2.35. The second-order valence-electron chi connectivity index (χ2n) is 9.76. The van der Waals surface area contributed by atoms with Crippen molar-refractivity contribution in [2.75, 3.05) is 0 Å². The quantitative estimate of drug-likeness (QED) is 0.254. The first-order valence-corrected chi connectivity index (χ1v) is 13.2. The zero-order valence-corrected chi connectivity index (χ0v) is 21.3. The summed E-state index contributed by atoms with van der Waals surface area (Å²) in [5.74, 6) is -0.261. The van der Waals surface area contributed by atoms with E-state index in [0.717, 1.165) is 57.2 Å². The average Bonchev–Trinajstić information content (AvgIpc) is 3.33. The molecule has 3 aromatic carbocycles. The van der Waals surface area contributed by atoms with Gasteiger partial charge in [-0.3, -0.25) is 10.1 Å². The number of nitrogens with zero attached hydrogens (tertiary/aromatic N) is 3. The third-order valence-corrected chi connectivity index (χ3v) is 7.87. The van der Waals surface area contributed by atoms with Crippen LogP contribution >= 0.6 is 11.8 Å². The molecule has 2 aliphatic heterocycles. The standard InChI is InChI=1S/C30H23F2N3O2S/c1-18-13-22(15-19-5-9-23(31)10-6-19)28-26(14-18)29(20-7-11-24(32)12-8-20)34-27(17-38-30(34)33-28)21-3-2-4-25(16-21)35(36)37/h2-12,15-18,29H,13-14H2,1H3/b22-15+. The SMILES string of the molecule is CC1CC2=C(N=C3SC=C(c4cccc([N+](=O)[O-])c4)N3C2c2ccc(F)cc2)/C(=C/c2ccc(F)cc2)C1. The molecular weight excluding hydrogens is 504 g/mol. The number of amidine groups is 1. The molecule has 2 heterocycles. The summed E-state index contributed by atoms with van der Waals surface area (Å²) in [4.78, 5) is 18.3. The molecule has 0 saturated heterocycles. The van der Waals surface area contributed by atoms with Crippen LogP contribution < -0.4 is 0 Å². The molecule has 3 aromatic rings. The van der Waals surface area contributed by atoms with E-state index < -0.39 is 4.92 Å². The lowest BCUT2D eigenvalue weighted by Gasteiger charge is -2.41. The number of non-ortho nitro benzene ring substituents is 1. The lowest BCUT2D eigenvalue weighted by molar-refractivity contribution is -0.384. The molecule has 6 rings (SSSR count). The van der Waals surface area contributed by atoms with Crippen molar-refractivity contribution in [2.24, 2.45) is 10.9 Å². The molecule has 190 valence electrons. The highest BCUT2D eigenvalue weighted by Crippen LogP contribution is 2.52. The van der Waals surface area contributed by atoms with E-state index in [1.807, 2.05) is 11.5 Å². The highest BCUT2D eigenvalue weighted by molar-refractivity contribution is 8.16. The number of hydrogen-bond donors (Lipinski definition) is 0. The van der Waals surface area contributed by atoms with Crippen LogP contribution in [0.25, 0.3) is 11.8 Å². The first-order chi connectivity index (χ1) is 18.4. The maximum atomic E-state index is 13.9. The number of rotatable bonds is 4. The maximum absolute atomic E-state index is 13.9. The third-order valence-electron chi connectivity index (χ3n) is 7.03. The van der Waals surface area contributed by atoms with Gasteiger partial charge in [0.05, 0.1) is 22.4 Å². The minimum atomic E-state index is -0.398. The van der Waals surface area contributed by atoms with Crippen LogP contribution in [-0.4, -0.2) is 15.0 Å². The molecule has 0 N–H and O–H groups in total. The fourth-order valence-corrected chi connectivity index (χ4v) is 6.31. The van der Waals surface area contributed by atoms with Crippen LogP contribution in [0.4, 0.5) is 14.5 Å². The van der Waals surface area contributed by atoms with Gasteiger partial charge in [-0.1, -0.05) is 55.1 Å². The molecule has 0 amide bonds. The van der Waals surface area contributed by atoms with Crippen LogP contribution in [0.5, 0.6) is 0 Å². The predicted octanol–water partition coefficient (Wildman–Crippen LogP) is 8.10. The smallest absolute Gasteiger partial charge is 0.270 e. The third kappa shape index (κ3) is 4.45. The summed E-state index contributed by atoms with van der Waals surface area (Å²) in [6.45, 7) is 2.19. The van der Waals surface area contributed by atoms with E-state index >= 15 is 0 Å². The van der Waals surface area contributed by atoms with Crippen molar-refractivity contribution in [3.8, 4) is 0 Å². The number of nitro benzene ring substituents is 1. The van der Waals surface area contributed by atoms with Gasteiger partial charge >= 0.3 is 0 Å². The summed E-state index contributed by atoms with van der Waals surface area (Å²) in [7, 11) is 0. The molecule has 8 heteroatoms. The Morgan fingerprint density at radius 3 is 2.45 bits per heavy atom. The van der Waals surface area contributed by atoms with Gasteiger partial charge in [0.1, 0.15) is 11.6 Å². The summed E-state index contributed by atoms with van der Waals surface area (Å²) in [6, 6.07) is 19.3. The van der Waals surface area contributed by atoms with Gasteiger partial charge in [-0.25, -0.2) is 13.8 Å². The topological polar surface area (TPSA) is 58.7 Å². The predicted molar refractivity (Wildman–Crippen MR) is 147 cm³/mol. The Morgan fingerprint density at radius 1 is 1.03 bits per heavy atom. The Balaban J connectivity index is 1.50. The Kier molecular flexibility index (Phi) is 6.19. The summed E-state index contributed by atoms with van der Waals surface area (Å²) in [5, 5.41) is 14.2. The molecule has 0 radical (unpaired) electrons. The van der Waals surface area contributed by atoms with Crippen molar-refractivity contribution in [1.29, 1.82) is 0 Å². The molecule has 0 saturated carbocycles. The van der Waals surface area contributed by atoms with Crippen LogP contribution in [0.1, 0.15) is 42.5 Å². The van der Waals surface area contributed by atoms with Gasteiger partial charge in [0, 0.05) is 23.1 Å². The molecule has 3 aliphatic rings. The number of hydrogen-bond acceptors (Lipinski definition) is 5. The van der Waals surface area contributed by atoms with Crippen molar-refractivity contribution >= 4 is 34.4 Å². The highest BCUT2D eigenvalue weighted by Gasteiger charge is 2.41. The van der Waals surface area contributed by atoms with Crippen molar-refractivity contribution < 1.29 is 13.7 Å². The number of thioether (sulfide) groups is 1. The summed E-state index contributed by atoms with van der Waals surface area (Å²) < 4.78 is 27.5. The molecular formula is C30H23F2N3O2S. The Bertz CT molecular complexity index is 1560. The molecule has 38 heavy (non-hydrogen) atoms. The summed E-state index contributed by atoms with van der Waals surface area (Å²) in [5.41, 5.74) is 6.48. The Hall–Kier alpha value is -4.04. The van der Waals surface area contributed by atoms with Crippen LogP contribution in [0, 0.1) is 27.7 Å². The van der Waals surface area contributed by atoms with Gasteiger partial charge in [0.2, 0.25) is 0 Å². The molecule has 0 fully saturated rings. The minimum absolute atomic E-state index is 0.0184. The second-order valence-corrected chi connectivity index (χ2v) is 10.6. The zero-order valence-electron chi connectivity index (χ0n) is 20.5. The van der Waals surface area contributed by atoms with Gasteiger partial charge < -0.3 is 4.90 Å². The summed E-state index contributed by atoms with van der Waals surface area (Å²) >= 11 is 1.47. The molecule has 0 spiro atoms. The summed E-state index contributed by atoms with van der Waals surface area (Å²) in [6.07, 6.45) is 3.71. The van der Waals surface area contributed by atoms with Crippen LogP contribution in [-0.2, 0) is 0 Å². The Morgan fingerprint density at radius 2 is 1.74 bits per heavy atom. The number of benzene rings is 3. The van der Waals surface area contributed by atoms with Crippen molar-refractivity contribution in [1.82, 2.24) is 4.90 Å². The molecule has 2 unspecified atom stereocenters. The molecule has 0 aromatic heterocycles. The number of halogens is 2. The minimum Gasteiger partial charge on any atom is -0.308 e. The van der Waals surface area contributed by atoms with E-state index in [1.54, 1.807) is 36.4 Å². The fourth-order valence-electron chi connectivity index (χ4n) is 5.38. The van der Waals surface area contributed by atoms with E-state index in [-0.39, 0.29) is 23.4 Å². The second kappa shape index (κ2) is 9.68. The van der Waals surface area contributed by atoms with Crippen molar-refractivity contribution in [2.45, 2.75) is 25.8 Å². The normalized spacial score (nSPS) is 21.7. The van der Waals surface area contributed by atoms with Gasteiger partial charge in [-0.05, 0) is 71.4 Å². The number of nitro groups is 1. The van der Waals surface area contributed by atoms with Crippen LogP contribution in [0.3, 0.4) is 0 Å². The van der Waals surface area contributed by atoms with E-state index in [4.69, 9.17) is 4.99 Å². The van der Waals surface area contributed by atoms with E-state index in [2.05, 4.69) is 17.9 Å². The van der Waals surface area contributed by atoms with Crippen molar-refractivity contribution in [3.63, 3.8) is 0 Å². The number of allylic oxidation sites excluding steroid dienone is 1. The highest BCUT2D eigenvalue weighted by atomic mass is 32.2. The average molecular weight is 528 g/mol. The van der Waals surface area contributed by atoms with Crippen LogP contribution in [0.2, 0.25) is 0 Å².